The number of alkyl halides is 4. The van der Waals surface area contributed by atoms with Gasteiger partial charge in [0.15, 0.2) is 16.2 Å². The molecule has 0 radical (unpaired) electrons. The van der Waals surface area contributed by atoms with E-state index in [4.69, 9.17) is 27.9 Å². The largest absolute Gasteiger partial charge is 0.449 e. The minimum absolute atomic E-state index is 0.142. The molecule has 1 saturated heterocycles. The highest BCUT2D eigenvalue weighted by Gasteiger charge is 2.64. The number of ether oxygens (including phenoxy) is 2. The van der Waals surface area contributed by atoms with E-state index in [2.05, 4.69) is 21.0 Å². The van der Waals surface area contributed by atoms with Gasteiger partial charge in [-0.15, -0.1) is 0 Å². The van der Waals surface area contributed by atoms with Crippen molar-refractivity contribution in [1.29, 1.82) is 0 Å². The summed E-state index contributed by atoms with van der Waals surface area (Å²) in [6.45, 7) is -1.33. The number of hydrogen-bond acceptors (Lipinski definition) is 6. The average Bonchev–Trinajstić information content (AvgIpc) is 2.74. The zero-order chi connectivity index (χ0) is 18.7. The Bertz CT molecular complexity index is 597. The van der Waals surface area contributed by atoms with Crippen LogP contribution in [0.2, 0.25) is 0 Å². The Kier molecular flexibility index (Phi) is 6.41. The van der Waals surface area contributed by atoms with Crippen LogP contribution < -0.4 is 16.3 Å². The van der Waals surface area contributed by atoms with Crippen LogP contribution in [-0.4, -0.2) is 41.9 Å². The Morgan fingerprint density at radius 3 is 2.60 bits per heavy atom. The van der Waals surface area contributed by atoms with E-state index in [0.29, 0.717) is 5.56 Å². The van der Waals surface area contributed by atoms with Gasteiger partial charge in [0.2, 0.25) is 0 Å². The van der Waals surface area contributed by atoms with E-state index in [-0.39, 0.29) is 6.61 Å². The first-order chi connectivity index (χ1) is 11.7. The monoisotopic (exact) mass is 398 g/mol. The van der Waals surface area contributed by atoms with Crippen molar-refractivity contribution in [2.45, 2.75) is 29.8 Å². The number of halogens is 4. The Labute approximate surface area is 153 Å². The van der Waals surface area contributed by atoms with Crippen molar-refractivity contribution < 1.29 is 23.0 Å². The Morgan fingerprint density at radius 2 is 2.04 bits per heavy atom. The van der Waals surface area contributed by atoms with Gasteiger partial charge in [0, 0.05) is 7.05 Å². The molecule has 3 N–H and O–H groups in total. The van der Waals surface area contributed by atoms with Gasteiger partial charge in [0.1, 0.15) is 0 Å². The highest BCUT2D eigenvalue weighted by molar-refractivity contribution is 6.50. The minimum atomic E-state index is -3.10. The summed E-state index contributed by atoms with van der Waals surface area (Å²) in [5.41, 5.74) is 6.72. The molecule has 1 aromatic carbocycles. The number of rotatable bonds is 6. The zero-order valence-corrected chi connectivity index (χ0v) is 14.9. The molecular formula is C14H18Cl2F2N4O3. The van der Waals surface area contributed by atoms with Crippen LogP contribution in [0.4, 0.5) is 13.6 Å². The quantitative estimate of drug-likeness (QED) is 0.504. The molecule has 11 heteroatoms. The molecule has 1 aromatic rings. The van der Waals surface area contributed by atoms with Crippen LogP contribution in [0.1, 0.15) is 12.5 Å². The van der Waals surface area contributed by atoms with E-state index < -0.39 is 28.9 Å². The van der Waals surface area contributed by atoms with E-state index in [1.165, 1.54) is 12.1 Å². The van der Waals surface area contributed by atoms with Gasteiger partial charge < -0.3 is 4.74 Å². The molecule has 2 atom stereocenters. The second-order valence-corrected chi connectivity index (χ2v) is 6.57. The number of nitrogens with one attached hydrogen (secondary N) is 3. The topological polar surface area (TPSA) is 74.9 Å². The van der Waals surface area contributed by atoms with Gasteiger partial charge in [-0.2, -0.15) is 8.78 Å². The van der Waals surface area contributed by atoms with Crippen LogP contribution in [-0.2, 0) is 15.1 Å². The maximum atomic E-state index is 12.8. The summed E-state index contributed by atoms with van der Waals surface area (Å²) in [7, 11) is 1.43. The lowest BCUT2D eigenvalue weighted by Gasteiger charge is -2.38. The van der Waals surface area contributed by atoms with Gasteiger partial charge in [0.05, 0.1) is 6.61 Å². The normalized spacial score (nSPS) is 26.0. The molecule has 1 fully saturated rings. The van der Waals surface area contributed by atoms with E-state index in [1.807, 2.05) is 0 Å². The smallest absolute Gasteiger partial charge is 0.421 e. The van der Waals surface area contributed by atoms with Crippen LogP contribution in [0.3, 0.4) is 0 Å². The molecule has 1 aliphatic heterocycles. The first-order valence-corrected chi connectivity index (χ1v) is 8.07. The maximum absolute atomic E-state index is 12.8. The molecule has 7 nitrogen and oxygen atoms in total. The molecular weight excluding hydrogens is 381 g/mol. The van der Waals surface area contributed by atoms with E-state index in [1.54, 1.807) is 37.3 Å². The van der Waals surface area contributed by atoms with Crippen molar-refractivity contribution >= 4 is 29.3 Å². The van der Waals surface area contributed by atoms with E-state index in [0.717, 1.165) is 0 Å². The average molecular weight is 399 g/mol. The molecule has 140 valence electrons. The second-order valence-electron chi connectivity index (χ2n) is 5.18. The first-order valence-electron chi connectivity index (χ1n) is 7.32. The maximum Gasteiger partial charge on any atom is 0.421 e. The Morgan fingerprint density at radius 1 is 1.40 bits per heavy atom. The highest BCUT2D eigenvalue weighted by Crippen LogP contribution is 2.48. The van der Waals surface area contributed by atoms with Crippen molar-refractivity contribution in [2.24, 2.45) is 0 Å². The molecule has 2 rings (SSSR count). The van der Waals surface area contributed by atoms with E-state index in [9.17, 15) is 13.6 Å². The Balaban J connectivity index is 2.40. The number of hydrazine groups is 2. The molecule has 0 spiro atoms. The van der Waals surface area contributed by atoms with Crippen molar-refractivity contribution in [1.82, 2.24) is 21.3 Å². The van der Waals surface area contributed by atoms with Gasteiger partial charge >= 0.3 is 12.7 Å². The predicted molar refractivity (Wildman–Crippen MR) is 87.6 cm³/mol. The van der Waals surface area contributed by atoms with E-state index >= 15 is 0 Å². The summed E-state index contributed by atoms with van der Waals surface area (Å²) in [5, 5.41) is 1.19. The van der Waals surface area contributed by atoms with Crippen LogP contribution in [0.5, 0.6) is 0 Å². The van der Waals surface area contributed by atoms with Crippen molar-refractivity contribution in [3.05, 3.63) is 35.9 Å². The van der Waals surface area contributed by atoms with Crippen molar-refractivity contribution in [2.75, 3.05) is 13.7 Å². The van der Waals surface area contributed by atoms with Crippen LogP contribution in [0, 0.1) is 0 Å². The molecule has 1 aliphatic rings. The molecule has 0 saturated carbocycles. The molecule has 25 heavy (non-hydrogen) atoms. The zero-order valence-electron chi connectivity index (χ0n) is 13.4. The van der Waals surface area contributed by atoms with Gasteiger partial charge in [0.25, 0.3) is 0 Å². The first kappa shape index (κ1) is 20.1. The molecule has 0 bridgehead atoms. The SMILES string of the molecule is CCOC(=O)NNC1(c2ccccc2)NN(C)C(OC(F)F)C1(Cl)Cl. The van der Waals surface area contributed by atoms with Crippen molar-refractivity contribution in [3.63, 3.8) is 0 Å². The number of hydrogen-bond donors (Lipinski definition) is 3. The van der Waals surface area contributed by atoms with Gasteiger partial charge in [-0.3, -0.25) is 10.2 Å². The van der Waals surface area contributed by atoms with Crippen LogP contribution in [0.15, 0.2) is 30.3 Å². The van der Waals surface area contributed by atoms with Gasteiger partial charge in [-0.25, -0.2) is 20.7 Å². The molecule has 0 aliphatic carbocycles. The van der Waals surface area contributed by atoms with Crippen molar-refractivity contribution in [3.8, 4) is 0 Å². The summed E-state index contributed by atoms with van der Waals surface area (Å²) >= 11 is 12.9. The standard InChI is InChI=1S/C14H18Cl2F2N4O3/c1-3-24-12(23)19-20-14(9-7-5-4-6-8-9)13(15,16)10(22(2)21-14)25-11(17)18/h4-8,10-11,20-21H,3H2,1-2H3,(H,19,23). The number of carbonyl (C=O) groups excluding carboxylic acids is 1. The summed E-state index contributed by atoms with van der Waals surface area (Å²) in [5.74, 6) is 0. The second kappa shape index (κ2) is 7.98. The number of carbonyl (C=O) groups is 1. The minimum Gasteiger partial charge on any atom is -0.449 e. The fourth-order valence-corrected chi connectivity index (χ4v) is 3.33. The number of benzene rings is 1. The molecule has 1 amide bonds. The third-order valence-corrected chi connectivity index (χ3v) is 4.51. The third-order valence-electron chi connectivity index (χ3n) is 3.57. The molecule has 1 heterocycles. The lowest BCUT2D eigenvalue weighted by molar-refractivity contribution is -0.197. The molecule has 0 aromatic heterocycles. The number of nitrogens with zero attached hydrogens (tertiary/aromatic N) is 1. The summed E-state index contributed by atoms with van der Waals surface area (Å²) in [6.07, 6.45) is -2.21. The third kappa shape index (κ3) is 3.97. The van der Waals surface area contributed by atoms with Crippen LogP contribution >= 0.6 is 23.2 Å². The Hall–Kier alpha value is -1.23. The molecule has 2 unspecified atom stereocenters. The van der Waals surface area contributed by atoms with Crippen LogP contribution in [0.25, 0.3) is 0 Å². The number of amides is 1. The summed E-state index contributed by atoms with van der Waals surface area (Å²) in [4.78, 5) is 11.7. The predicted octanol–water partition coefficient (Wildman–Crippen LogP) is 2.28. The highest BCUT2D eigenvalue weighted by atomic mass is 35.5. The van der Waals surface area contributed by atoms with Gasteiger partial charge in [-0.1, -0.05) is 53.5 Å². The van der Waals surface area contributed by atoms with Gasteiger partial charge in [-0.05, 0) is 12.5 Å². The lowest BCUT2D eigenvalue weighted by atomic mass is 9.96. The fourth-order valence-electron chi connectivity index (χ4n) is 2.54. The summed E-state index contributed by atoms with van der Waals surface area (Å²) in [6, 6.07) is 8.48. The summed E-state index contributed by atoms with van der Waals surface area (Å²) < 4.78 is 32.9. The fraction of sp³-hybridized carbons (Fsp3) is 0.500. The lowest BCUT2D eigenvalue weighted by Crippen LogP contribution is -2.65.